The van der Waals surface area contributed by atoms with Crippen LogP contribution in [0.4, 0.5) is 0 Å². The fourth-order valence-corrected chi connectivity index (χ4v) is 6.41. The summed E-state index contributed by atoms with van der Waals surface area (Å²) in [7, 11) is 0. The van der Waals surface area contributed by atoms with Gasteiger partial charge in [0.25, 0.3) is 0 Å². The third kappa shape index (κ3) is 5.09. The Morgan fingerprint density at radius 3 is 1.76 bits per heavy atom. The van der Waals surface area contributed by atoms with E-state index in [4.69, 9.17) is 4.98 Å². The van der Waals surface area contributed by atoms with E-state index in [1.54, 1.807) is 0 Å². The monoisotopic (exact) mass is 577 g/mol. The summed E-state index contributed by atoms with van der Waals surface area (Å²) in [5, 5.41) is 2.48. The molecule has 0 saturated heterocycles. The first kappa shape index (κ1) is 26.8. The summed E-state index contributed by atoms with van der Waals surface area (Å²) in [5.74, 6) is 0. The average Bonchev–Trinajstić information content (AvgIpc) is 3.48. The zero-order chi connectivity index (χ0) is 30.3. The number of hydrogen-bond donors (Lipinski definition) is 0. The third-order valence-electron chi connectivity index (χ3n) is 8.48. The first-order chi connectivity index (χ1) is 22.1. The smallest absolute Gasteiger partial charge is 0.137 e. The summed E-state index contributed by atoms with van der Waals surface area (Å²) < 4.78 is 2.18. The molecule has 214 valence electrons. The van der Waals surface area contributed by atoms with Gasteiger partial charge in [-0.1, -0.05) is 91.0 Å². The molecule has 0 N–H and O–H groups in total. The van der Waals surface area contributed by atoms with Crippen LogP contribution in [0.15, 0.2) is 152 Å². The summed E-state index contributed by atoms with van der Waals surface area (Å²) >= 11 is 0. The molecule has 3 nitrogen and oxygen atoms in total. The number of rotatable bonds is 5. The van der Waals surface area contributed by atoms with Gasteiger partial charge in [0.05, 0.1) is 11.4 Å². The predicted octanol–water partition coefficient (Wildman–Crippen LogP) is 10.8. The Bertz CT molecular complexity index is 2330. The first-order valence-electron chi connectivity index (χ1n) is 15.3. The number of pyridine rings is 2. The van der Waals surface area contributed by atoms with E-state index in [0.29, 0.717) is 0 Å². The fraction of sp³-hybridized carbons (Fsp3) is 0.0476. The second-order valence-corrected chi connectivity index (χ2v) is 11.7. The Hall–Kier alpha value is -5.80. The van der Waals surface area contributed by atoms with E-state index in [-0.39, 0.29) is 0 Å². The van der Waals surface area contributed by atoms with Crippen molar-refractivity contribution < 1.29 is 0 Å². The van der Waals surface area contributed by atoms with E-state index >= 15 is 0 Å². The molecule has 5 aromatic carbocycles. The van der Waals surface area contributed by atoms with E-state index in [0.717, 1.165) is 50.7 Å². The number of aromatic nitrogens is 3. The highest BCUT2D eigenvalue weighted by Gasteiger charge is 2.17. The van der Waals surface area contributed by atoms with Gasteiger partial charge in [-0.25, -0.2) is 4.98 Å². The summed E-state index contributed by atoms with van der Waals surface area (Å²) in [4.78, 5) is 9.77. The minimum atomic E-state index is 0.931. The van der Waals surface area contributed by atoms with Crippen molar-refractivity contribution in [2.24, 2.45) is 0 Å². The predicted molar refractivity (Wildman–Crippen MR) is 187 cm³/mol. The summed E-state index contributed by atoms with van der Waals surface area (Å²) in [6.07, 6.45) is 2.09. The van der Waals surface area contributed by atoms with Crippen molar-refractivity contribution in [2.45, 2.75) is 13.8 Å². The maximum Gasteiger partial charge on any atom is 0.137 e. The molecular weight excluding hydrogens is 546 g/mol. The van der Waals surface area contributed by atoms with Crippen LogP contribution < -0.4 is 0 Å². The second kappa shape index (κ2) is 11.0. The molecule has 0 atom stereocenters. The van der Waals surface area contributed by atoms with Crippen molar-refractivity contribution in [3.8, 4) is 55.9 Å². The van der Waals surface area contributed by atoms with Crippen LogP contribution in [-0.4, -0.2) is 14.4 Å². The lowest BCUT2D eigenvalue weighted by Gasteiger charge is -2.14. The van der Waals surface area contributed by atoms with Crippen LogP contribution in [0.2, 0.25) is 0 Å². The zero-order valence-electron chi connectivity index (χ0n) is 25.3. The molecule has 3 heteroatoms. The normalized spacial score (nSPS) is 11.3. The van der Waals surface area contributed by atoms with Gasteiger partial charge in [-0.2, -0.15) is 0 Å². The molecule has 0 unspecified atom stereocenters. The molecule has 0 amide bonds. The molecule has 3 heterocycles. The van der Waals surface area contributed by atoms with Crippen LogP contribution in [0.5, 0.6) is 0 Å². The van der Waals surface area contributed by atoms with Gasteiger partial charge < -0.3 is 0 Å². The Kier molecular flexibility index (Phi) is 6.57. The Labute approximate surface area is 263 Å². The largest absolute Gasteiger partial charge is 0.299 e. The van der Waals surface area contributed by atoms with E-state index in [1.807, 2.05) is 6.07 Å². The molecule has 8 rings (SSSR count). The highest BCUT2D eigenvalue weighted by atomic mass is 15.0. The average molecular weight is 578 g/mol. The number of imidazole rings is 1. The molecule has 0 aliphatic carbocycles. The zero-order valence-corrected chi connectivity index (χ0v) is 25.3. The molecule has 0 radical (unpaired) electrons. The van der Waals surface area contributed by atoms with Gasteiger partial charge in [-0.15, -0.1) is 0 Å². The SMILES string of the molecule is Cc1cc(-c2cc(-c3cccc(-c4nc5ccccn5c4-c4ccccc4)c3)cc(-c3ccc4ccccc4c3)c2)cc(C)n1. The van der Waals surface area contributed by atoms with E-state index in [2.05, 4.69) is 169 Å². The highest BCUT2D eigenvalue weighted by Crippen LogP contribution is 2.38. The van der Waals surface area contributed by atoms with Gasteiger partial charge in [0.2, 0.25) is 0 Å². The van der Waals surface area contributed by atoms with Gasteiger partial charge in [0.15, 0.2) is 0 Å². The molecule has 8 aromatic rings. The minimum Gasteiger partial charge on any atom is -0.299 e. The van der Waals surface area contributed by atoms with Crippen LogP contribution in [0, 0.1) is 13.8 Å². The highest BCUT2D eigenvalue weighted by molar-refractivity contribution is 5.90. The molecule has 0 bridgehead atoms. The number of fused-ring (bicyclic) bond motifs is 2. The summed E-state index contributed by atoms with van der Waals surface area (Å²) in [5.41, 5.74) is 14.3. The van der Waals surface area contributed by atoms with Crippen molar-refractivity contribution in [1.82, 2.24) is 14.4 Å². The van der Waals surface area contributed by atoms with Crippen molar-refractivity contribution in [3.05, 3.63) is 163 Å². The molecule has 0 aliphatic heterocycles. The number of nitrogens with zero attached hydrogens (tertiary/aromatic N) is 3. The maximum absolute atomic E-state index is 5.13. The van der Waals surface area contributed by atoms with E-state index in [1.165, 1.54) is 33.0 Å². The lowest BCUT2D eigenvalue weighted by Crippen LogP contribution is -1.91. The molecule has 0 aliphatic rings. The van der Waals surface area contributed by atoms with Gasteiger partial charge in [0.1, 0.15) is 5.65 Å². The standard InChI is InChI=1S/C42H31N3/c1-28-21-36(22-29(2)43-28)39-26-37(25-38(27-39)34-19-18-30-11-6-7-14-32(30)23-34)33-15-10-16-35(24-33)41-42(31-12-4-3-5-13-31)45-20-9-8-17-40(45)44-41/h3-27H,1-2H3. The molecule has 0 spiro atoms. The number of hydrogen-bond acceptors (Lipinski definition) is 2. The quantitative estimate of drug-likeness (QED) is 0.204. The number of benzene rings is 5. The second-order valence-electron chi connectivity index (χ2n) is 11.7. The summed E-state index contributed by atoms with van der Waals surface area (Å²) in [6, 6.07) is 52.0. The van der Waals surface area contributed by atoms with Gasteiger partial charge >= 0.3 is 0 Å². The van der Waals surface area contributed by atoms with Gasteiger partial charge in [-0.05, 0) is 113 Å². The fourth-order valence-electron chi connectivity index (χ4n) is 6.41. The lowest BCUT2D eigenvalue weighted by atomic mass is 9.91. The van der Waals surface area contributed by atoms with Crippen LogP contribution in [-0.2, 0) is 0 Å². The Morgan fingerprint density at radius 1 is 0.400 bits per heavy atom. The Morgan fingerprint density at radius 2 is 0.978 bits per heavy atom. The molecule has 45 heavy (non-hydrogen) atoms. The van der Waals surface area contributed by atoms with Crippen LogP contribution in [0.3, 0.4) is 0 Å². The minimum absolute atomic E-state index is 0.931. The number of aryl methyl sites for hydroxylation is 2. The third-order valence-corrected chi connectivity index (χ3v) is 8.48. The lowest BCUT2D eigenvalue weighted by molar-refractivity contribution is 1.12. The van der Waals surface area contributed by atoms with Crippen LogP contribution >= 0.6 is 0 Å². The Balaban J connectivity index is 1.32. The van der Waals surface area contributed by atoms with Crippen molar-refractivity contribution in [2.75, 3.05) is 0 Å². The van der Waals surface area contributed by atoms with E-state index in [9.17, 15) is 0 Å². The van der Waals surface area contributed by atoms with Crippen LogP contribution in [0.1, 0.15) is 11.4 Å². The maximum atomic E-state index is 5.13. The molecule has 3 aromatic heterocycles. The topological polar surface area (TPSA) is 30.2 Å². The molecule has 0 fully saturated rings. The van der Waals surface area contributed by atoms with Gasteiger partial charge in [-0.3, -0.25) is 9.38 Å². The first-order valence-corrected chi connectivity index (χ1v) is 15.3. The molecule has 0 saturated carbocycles. The summed E-state index contributed by atoms with van der Waals surface area (Å²) in [6.45, 7) is 4.13. The van der Waals surface area contributed by atoms with Crippen molar-refractivity contribution >= 4 is 16.4 Å². The van der Waals surface area contributed by atoms with Crippen LogP contribution in [0.25, 0.3) is 72.3 Å². The van der Waals surface area contributed by atoms with Gasteiger partial charge in [0, 0.05) is 28.7 Å². The van der Waals surface area contributed by atoms with Crippen molar-refractivity contribution in [1.29, 1.82) is 0 Å². The molecular formula is C42H31N3. The van der Waals surface area contributed by atoms with Crippen molar-refractivity contribution in [3.63, 3.8) is 0 Å². The van der Waals surface area contributed by atoms with E-state index < -0.39 is 0 Å².